The third-order valence-electron chi connectivity index (χ3n) is 2.48. The fraction of sp³-hybridized carbons (Fsp3) is 0.0833. The lowest BCUT2D eigenvalue weighted by Crippen LogP contribution is -2.15. The van der Waals surface area contributed by atoms with Gasteiger partial charge in [-0.2, -0.15) is 0 Å². The van der Waals surface area contributed by atoms with E-state index in [1.807, 2.05) is 0 Å². The zero-order valence-electron chi connectivity index (χ0n) is 10.1. The van der Waals surface area contributed by atoms with Crippen LogP contribution >= 0.6 is 15.9 Å². The summed E-state index contributed by atoms with van der Waals surface area (Å²) in [6, 6.07) is 8.05. The molecule has 2 rings (SSSR count). The molecule has 2 aromatic rings. The molecule has 0 fully saturated rings. The van der Waals surface area contributed by atoms with E-state index in [9.17, 15) is 8.42 Å². The lowest BCUT2D eigenvalue weighted by molar-refractivity contribution is 0.600. The Morgan fingerprint density at radius 3 is 2.68 bits per heavy atom. The van der Waals surface area contributed by atoms with Crippen LogP contribution in [0.2, 0.25) is 0 Å². The van der Waals surface area contributed by atoms with Gasteiger partial charge in [-0.05, 0) is 58.7 Å². The summed E-state index contributed by atoms with van der Waals surface area (Å²) in [5.41, 5.74) is 6.72. The Bertz CT molecular complexity index is 717. The van der Waals surface area contributed by atoms with Crippen molar-refractivity contribution in [3.8, 4) is 0 Å². The first-order chi connectivity index (χ1) is 8.90. The second-order valence-corrected chi connectivity index (χ2v) is 6.47. The zero-order chi connectivity index (χ0) is 14.0. The maximum atomic E-state index is 12.3. The number of hydrogen-bond acceptors (Lipinski definition) is 4. The van der Waals surface area contributed by atoms with E-state index < -0.39 is 10.0 Å². The zero-order valence-corrected chi connectivity index (χ0v) is 12.5. The Kier molecular flexibility index (Phi) is 3.77. The molecule has 0 atom stereocenters. The maximum absolute atomic E-state index is 12.3. The standard InChI is InChI=1S/C12H12BrN3O2S/c1-8-7-9(14)4-5-11(8)19(17,18)16-12-10(13)3-2-6-15-12/h2-7H,14H2,1H3,(H,15,16). The lowest BCUT2D eigenvalue weighted by atomic mass is 10.2. The van der Waals surface area contributed by atoms with Crippen LogP contribution in [0.4, 0.5) is 11.5 Å². The first-order valence-electron chi connectivity index (χ1n) is 5.39. The minimum absolute atomic E-state index is 0.180. The molecule has 0 amide bonds. The Balaban J connectivity index is 2.41. The second kappa shape index (κ2) is 5.18. The monoisotopic (exact) mass is 341 g/mol. The number of aromatic nitrogens is 1. The minimum atomic E-state index is -3.68. The summed E-state index contributed by atoms with van der Waals surface area (Å²) in [6.45, 7) is 1.69. The van der Waals surface area contributed by atoms with Crippen LogP contribution in [-0.4, -0.2) is 13.4 Å². The molecular formula is C12H12BrN3O2S. The third-order valence-corrected chi connectivity index (χ3v) is 4.62. The van der Waals surface area contributed by atoms with Crippen molar-refractivity contribution >= 4 is 37.5 Å². The van der Waals surface area contributed by atoms with Crippen LogP contribution in [0.1, 0.15) is 5.56 Å². The number of halogens is 1. The molecule has 0 unspecified atom stereocenters. The van der Waals surface area contributed by atoms with E-state index in [1.54, 1.807) is 31.2 Å². The van der Waals surface area contributed by atoms with Crippen molar-refractivity contribution in [3.05, 3.63) is 46.6 Å². The van der Waals surface area contributed by atoms with Gasteiger partial charge in [-0.3, -0.25) is 4.72 Å². The molecule has 5 nitrogen and oxygen atoms in total. The molecule has 0 spiro atoms. The molecule has 3 N–H and O–H groups in total. The highest BCUT2D eigenvalue weighted by atomic mass is 79.9. The number of pyridine rings is 1. The Hall–Kier alpha value is -1.60. The number of rotatable bonds is 3. The van der Waals surface area contributed by atoms with Crippen molar-refractivity contribution < 1.29 is 8.42 Å². The van der Waals surface area contributed by atoms with Crippen molar-refractivity contribution in [1.82, 2.24) is 4.98 Å². The maximum Gasteiger partial charge on any atom is 0.263 e. The minimum Gasteiger partial charge on any atom is -0.399 e. The summed E-state index contributed by atoms with van der Waals surface area (Å²) < 4.78 is 27.6. The number of anilines is 2. The quantitative estimate of drug-likeness (QED) is 0.840. The number of nitrogens with zero attached hydrogens (tertiary/aromatic N) is 1. The van der Waals surface area contributed by atoms with Crippen molar-refractivity contribution in [2.24, 2.45) is 0 Å². The van der Waals surface area contributed by atoms with Crippen LogP contribution in [0.15, 0.2) is 45.9 Å². The molecule has 0 saturated heterocycles. The number of nitrogen functional groups attached to an aromatic ring is 1. The smallest absolute Gasteiger partial charge is 0.263 e. The second-order valence-electron chi connectivity index (χ2n) is 3.96. The van der Waals surface area contributed by atoms with Crippen LogP contribution < -0.4 is 10.5 Å². The summed E-state index contributed by atoms with van der Waals surface area (Å²) in [6.07, 6.45) is 1.51. The van der Waals surface area contributed by atoms with Gasteiger partial charge in [0.1, 0.15) is 0 Å². The molecule has 100 valence electrons. The fourth-order valence-electron chi connectivity index (χ4n) is 1.62. The topological polar surface area (TPSA) is 85.1 Å². The molecule has 7 heteroatoms. The molecule has 0 radical (unpaired) electrons. The van der Waals surface area contributed by atoms with Crippen molar-refractivity contribution in [2.75, 3.05) is 10.5 Å². The lowest BCUT2D eigenvalue weighted by Gasteiger charge is -2.11. The summed E-state index contributed by atoms with van der Waals surface area (Å²) in [7, 11) is -3.68. The van der Waals surface area contributed by atoms with Crippen LogP contribution in [0.5, 0.6) is 0 Å². The highest BCUT2D eigenvalue weighted by molar-refractivity contribution is 9.10. The predicted molar refractivity (Wildman–Crippen MR) is 78.3 cm³/mol. The van der Waals surface area contributed by atoms with E-state index in [-0.39, 0.29) is 10.7 Å². The van der Waals surface area contributed by atoms with Gasteiger partial charge in [-0.25, -0.2) is 13.4 Å². The van der Waals surface area contributed by atoms with Gasteiger partial charge >= 0.3 is 0 Å². The van der Waals surface area contributed by atoms with Crippen LogP contribution in [0.3, 0.4) is 0 Å². The number of nitrogens with two attached hydrogens (primary N) is 1. The molecular weight excluding hydrogens is 330 g/mol. The van der Waals surface area contributed by atoms with E-state index in [1.165, 1.54) is 12.3 Å². The van der Waals surface area contributed by atoms with Crippen LogP contribution in [0, 0.1) is 6.92 Å². The largest absolute Gasteiger partial charge is 0.399 e. The Morgan fingerprint density at radius 1 is 1.32 bits per heavy atom. The molecule has 1 heterocycles. The first kappa shape index (κ1) is 13.8. The van der Waals surface area contributed by atoms with Gasteiger partial charge in [0.15, 0.2) is 5.82 Å². The molecule has 0 aliphatic heterocycles. The average molecular weight is 342 g/mol. The van der Waals surface area contributed by atoms with Gasteiger partial charge < -0.3 is 5.73 Å². The predicted octanol–water partition coefficient (Wildman–Crippen LogP) is 2.54. The van der Waals surface area contributed by atoms with Crippen LogP contribution in [0.25, 0.3) is 0 Å². The van der Waals surface area contributed by atoms with Gasteiger partial charge in [-0.1, -0.05) is 0 Å². The molecule has 19 heavy (non-hydrogen) atoms. The SMILES string of the molecule is Cc1cc(N)ccc1S(=O)(=O)Nc1ncccc1Br. The Morgan fingerprint density at radius 2 is 2.05 bits per heavy atom. The van der Waals surface area contributed by atoms with Gasteiger partial charge in [-0.15, -0.1) is 0 Å². The van der Waals surface area contributed by atoms with Crippen LogP contribution in [-0.2, 0) is 10.0 Å². The molecule has 0 aliphatic rings. The molecule has 1 aromatic heterocycles. The van der Waals surface area contributed by atoms with E-state index in [0.717, 1.165) is 0 Å². The number of aryl methyl sites for hydroxylation is 1. The normalized spacial score (nSPS) is 11.3. The highest BCUT2D eigenvalue weighted by Gasteiger charge is 2.18. The number of sulfonamides is 1. The van der Waals surface area contributed by atoms with Crippen molar-refractivity contribution in [2.45, 2.75) is 11.8 Å². The summed E-state index contributed by atoms with van der Waals surface area (Å²) in [5.74, 6) is 0.249. The van der Waals surface area contributed by atoms with E-state index in [0.29, 0.717) is 15.7 Å². The van der Waals surface area contributed by atoms with E-state index in [4.69, 9.17) is 5.73 Å². The van der Waals surface area contributed by atoms with Gasteiger partial charge in [0.2, 0.25) is 0 Å². The molecule has 0 saturated carbocycles. The molecule has 1 aromatic carbocycles. The summed E-state index contributed by atoms with van der Waals surface area (Å²) in [4.78, 5) is 4.15. The summed E-state index contributed by atoms with van der Waals surface area (Å²) >= 11 is 3.24. The van der Waals surface area contributed by atoms with Crippen molar-refractivity contribution in [1.29, 1.82) is 0 Å². The number of benzene rings is 1. The van der Waals surface area contributed by atoms with E-state index >= 15 is 0 Å². The van der Waals surface area contributed by atoms with Gasteiger partial charge in [0.25, 0.3) is 10.0 Å². The number of nitrogens with one attached hydrogen (secondary N) is 1. The van der Waals surface area contributed by atoms with Gasteiger partial charge in [0, 0.05) is 11.9 Å². The fourth-order valence-corrected chi connectivity index (χ4v) is 3.36. The highest BCUT2D eigenvalue weighted by Crippen LogP contribution is 2.24. The van der Waals surface area contributed by atoms with E-state index in [2.05, 4.69) is 25.6 Å². The molecule has 0 aliphatic carbocycles. The third kappa shape index (κ3) is 3.05. The van der Waals surface area contributed by atoms with Crippen molar-refractivity contribution in [3.63, 3.8) is 0 Å². The average Bonchev–Trinajstić information content (AvgIpc) is 2.31. The van der Waals surface area contributed by atoms with Gasteiger partial charge in [0.05, 0.1) is 9.37 Å². The summed E-state index contributed by atoms with van der Waals surface area (Å²) in [5, 5.41) is 0. The molecule has 0 bridgehead atoms. The number of hydrogen-bond donors (Lipinski definition) is 2. The first-order valence-corrected chi connectivity index (χ1v) is 7.67. The Labute approximate surface area is 120 Å².